The SMILES string of the molecule is C[C@]1(O)CCC[C@@]12C(=O)OC[C@@H]2[Si](C)(C)c1ccccc1. The molecule has 21 heavy (non-hydrogen) atoms. The highest BCUT2D eigenvalue weighted by molar-refractivity contribution is 6.91. The van der Waals surface area contributed by atoms with Gasteiger partial charge in [-0.2, -0.15) is 0 Å². The Hall–Kier alpha value is -1.13. The Kier molecular flexibility index (Phi) is 3.30. The largest absolute Gasteiger partial charge is 0.465 e. The second-order valence-corrected chi connectivity index (χ2v) is 12.1. The molecule has 0 aromatic heterocycles. The van der Waals surface area contributed by atoms with Gasteiger partial charge in [0.15, 0.2) is 0 Å². The normalized spacial score (nSPS) is 36.2. The number of benzene rings is 1. The van der Waals surface area contributed by atoms with E-state index < -0.39 is 19.1 Å². The molecule has 114 valence electrons. The third-order valence-corrected chi connectivity index (χ3v) is 10.1. The van der Waals surface area contributed by atoms with Crippen LogP contribution < -0.4 is 5.19 Å². The first-order valence-corrected chi connectivity index (χ1v) is 10.9. The van der Waals surface area contributed by atoms with Gasteiger partial charge >= 0.3 is 5.97 Å². The molecule has 1 heterocycles. The third-order valence-electron chi connectivity index (χ3n) is 5.92. The fourth-order valence-corrected chi connectivity index (χ4v) is 8.30. The van der Waals surface area contributed by atoms with Crippen molar-refractivity contribution in [2.45, 2.75) is 50.4 Å². The lowest BCUT2D eigenvalue weighted by Gasteiger charge is -2.43. The van der Waals surface area contributed by atoms with Crippen LogP contribution in [0.1, 0.15) is 26.2 Å². The molecule has 2 aliphatic rings. The lowest BCUT2D eigenvalue weighted by molar-refractivity contribution is -0.156. The van der Waals surface area contributed by atoms with Gasteiger partial charge in [-0.15, -0.1) is 0 Å². The molecule has 1 aromatic carbocycles. The molecule has 3 nitrogen and oxygen atoms in total. The Morgan fingerprint density at radius 1 is 1.24 bits per heavy atom. The summed E-state index contributed by atoms with van der Waals surface area (Å²) in [6, 6.07) is 10.5. The van der Waals surface area contributed by atoms with Crippen molar-refractivity contribution in [3.63, 3.8) is 0 Å². The highest BCUT2D eigenvalue weighted by atomic mass is 28.3. The van der Waals surface area contributed by atoms with Crippen LogP contribution >= 0.6 is 0 Å². The van der Waals surface area contributed by atoms with E-state index in [4.69, 9.17) is 4.74 Å². The van der Waals surface area contributed by atoms with Gasteiger partial charge in [0, 0.05) is 5.54 Å². The van der Waals surface area contributed by atoms with Crippen molar-refractivity contribution in [3.8, 4) is 0 Å². The third kappa shape index (κ3) is 1.92. The molecule has 0 amide bonds. The Bertz CT molecular complexity index is 552. The quantitative estimate of drug-likeness (QED) is 0.674. The Morgan fingerprint density at radius 2 is 1.90 bits per heavy atom. The molecule has 1 aliphatic carbocycles. The molecule has 1 N–H and O–H groups in total. The van der Waals surface area contributed by atoms with Crippen LogP contribution in [-0.2, 0) is 9.53 Å². The average molecular weight is 304 g/mol. The van der Waals surface area contributed by atoms with Gasteiger partial charge in [0.25, 0.3) is 0 Å². The maximum Gasteiger partial charge on any atom is 0.315 e. The summed E-state index contributed by atoms with van der Waals surface area (Å²) in [4.78, 5) is 12.5. The van der Waals surface area contributed by atoms with Crippen LogP contribution in [0.25, 0.3) is 0 Å². The molecule has 1 aliphatic heterocycles. The van der Waals surface area contributed by atoms with E-state index in [1.165, 1.54) is 5.19 Å². The zero-order valence-corrected chi connectivity index (χ0v) is 14.1. The van der Waals surface area contributed by atoms with Gasteiger partial charge in [-0.25, -0.2) is 0 Å². The first-order chi connectivity index (χ1) is 9.82. The molecule has 1 saturated heterocycles. The molecule has 1 aromatic rings. The van der Waals surface area contributed by atoms with E-state index in [9.17, 15) is 9.90 Å². The summed E-state index contributed by atoms with van der Waals surface area (Å²) in [6.45, 7) is 6.88. The summed E-state index contributed by atoms with van der Waals surface area (Å²) in [5.41, 5.74) is -1.50. The number of hydrogen-bond acceptors (Lipinski definition) is 3. The second kappa shape index (κ2) is 4.68. The van der Waals surface area contributed by atoms with Crippen LogP contribution in [0.15, 0.2) is 30.3 Å². The zero-order chi connectivity index (χ0) is 15.3. The fraction of sp³-hybridized carbons (Fsp3) is 0.588. The van der Waals surface area contributed by atoms with E-state index in [1.54, 1.807) is 0 Å². The van der Waals surface area contributed by atoms with Crippen molar-refractivity contribution in [2.24, 2.45) is 5.41 Å². The highest BCUT2D eigenvalue weighted by Crippen LogP contribution is 2.60. The van der Waals surface area contributed by atoms with Crippen LogP contribution in [0, 0.1) is 5.41 Å². The number of ether oxygens (including phenoxy) is 1. The number of esters is 1. The smallest absolute Gasteiger partial charge is 0.315 e. The number of cyclic esters (lactones) is 1. The van der Waals surface area contributed by atoms with Gasteiger partial charge in [0.05, 0.1) is 20.3 Å². The molecule has 0 unspecified atom stereocenters. The van der Waals surface area contributed by atoms with E-state index in [-0.39, 0.29) is 11.5 Å². The molecule has 3 rings (SSSR count). The van der Waals surface area contributed by atoms with Gasteiger partial charge in [0.2, 0.25) is 0 Å². The first kappa shape index (κ1) is 14.8. The van der Waals surface area contributed by atoms with Crippen molar-refractivity contribution in [2.75, 3.05) is 6.61 Å². The predicted molar refractivity (Wildman–Crippen MR) is 85.2 cm³/mol. The number of aliphatic hydroxyl groups is 1. The summed E-state index contributed by atoms with van der Waals surface area (Å²) in [6.07, 6.45) is 2.35. The van der Waals surface area contributed by atoms with Crippen molar-refractivity contribution in [1.29, 1.82) is 0 Å². The van der Waals surface area contributed by atoms with E-state index in [1.807, 2.05) is 13.0 Å². The van der Waals surface area contributed by atoms with Crippen molar-refractivity contribution >= 4 is 19.2 Å². The second-order valence-electron chi connectivity index (χ2n) is 7.34. The molecule has 0 bridgehead atoms. The van der Waals surface area contributed by atoms with Gasteiger partial charge < -0.3 is 9.84 Å². The monoisotopic (exact) mass is 304 g/mol. The van der Waals surface area contributed by atoms with E-state index in [0.29, 0.717) is 13.0 Å². The standard InChI is InChI=1S/C17H24O3Si/c1-16(19)10-7-11-17(16)14(12-20-15(17)18)21(2,3)13-8-5-4-6-9-13/h4-6,8-9,14,19H,7,10-12H2,1-3H3/t14-,16-,17+/m0/s1. The molecule has 2 fully saturated rings. The number of carbonyl (C=O) groups excluding carboxylic acids is 1. The predicted octanol–water partition coefficient (Wildman–Crippen LogP) is 2.45. The molecule has 3 atom stereocenters. The van der Waals surface area contributed by atoms with E-state index in [0.717, 1.165) is 12.8 Å². The Balaban J connectivity index is 2.07. The minimum atomic E-state index is -1.92. The van der Waals surface area contributed by atoms with Gasteiger partial charge in [-0.1, -0.05) is 48.6 Å². The Labute approximate surface area is 127 Å². The van der Waals surface area contributed by atoms with Crippen LogP contribution in [0.3, 0.4) is 0 Å². The van der Waals surface area contributed by atoms with E-state index >= 15 is 0 Å². The Morgan fingerprint density at radius 3 is 2.48 bits per heavy atom. The molecule has 1 saturated carbocycles. The number of hydrogen-bond donors (Lipinski definition) is 1. The lowest BCUT2D eigenvalue weighted by Crippen LogP contribution is -2.57. The van der Waals surface area contributed by atoms with Crippen LogP contribution in [-0.4, -0.2) is 31.4 Å². The zero-order valence-electron chi connectivity index (χ0n) is 13.1. The van der Waals surface area contributed by atoms with Crippen molar-refractivity contribution in [1.82, 2.24) is 0 Å². The summed E-state index contributed by atoms with van der Waals surface area (Å²) in [7, 11) is -1.92. The summed E-state index contributed by atoms with van der Waals surface area (Å²) in [5.74, 6) is -0.175. The van der Waals surface area contributed by atoms with Crippen LogP contribution in [0.4, 0.5) is 0 Å². The molecular formula is C17H24O3Si. The topological polar surface area (TPSA) is 46.5 Å². The highest BCUT2D eigenvalue weighted by Gasteiger charge is 2.68. The van der Waals surface area contributed by atoms with Crippen molar-refractivity contribution < 1.29 is 14.6 Å². The molecule has 4 heteroatoms. The molecular weight excluding hydrogens is 280 g/mol. The van der Waals surface area contributed by atoms with Crippen molar-refractivity contribution in [3.05, 3.63) is 30.3 Å². The number of rotatable bonds is 2. The fourth-order valence-electron chi connectivity index (χ4n) is 4.54. The van der Waals surface area contributed by atoms with Crippen LogP contribution in [0.5, 0.6) is 0 Å². The summed E-state index contributed by atoms with van der Waals surface area (Å²) in [5, 5.41) is 12.2. The molecule has 1 spiro atoms. The number of carbonyl (C=O) groups is 1. The van der Waals surface area contributed by atoms with Gasteiger partial charge in [-0.05, 0) is 26.2 Å². The van der Waals surface area contributed by atoms with Gasteiger partial charge in [0.1, 0.15) is 5.41 Å². The van der Waals surface area contributed by atoms with E-state index in [2.05, 4.69) is 37.4 Å². The minimum Gasteiger partial charge on any atom is -0.465 e. The molecule has 0 radical (unpaired) electrons. The summed E-state index contributed by atoms with van der Waals surface area (Å²) < 4.78 is 5.48. The lowest BCUT2D eigenvalue weighted by atomic mass is 9.74. The first-order valence-electron chi connectivity index (χ1n) is 7.77. The maximum absolute atomic E-state index is 12.5. The average Bonchev–Trinajstić information content (AvgIpc) is 2.94. The summed E-state index contributed by atoms with van der Waals surface area (Å²) >= 11 is 0. The minimum absolute atomic E-state index is 0.136. The maximum atomic E-state index is 12.5. The van der Waals surface area contributed by atoms with Gasteiger partial charge in [-0.3, -0.25) is 4.79 Å². The van der Waals surface area contributed by atoms with Crippen LogP contribution in [0.2, 0.25) is 18.6 Å².